The molecule has 29 heavy (non-hydrogen) atoms. The lowest BCUT2D eigenvalue weighted by Crippen LogP contribution is -2.05. The van der Waals surface area contributed by atoms with Gasteiger partial charge in [0.25, 0.3) is 0 Å². The van der Waals surface area contributed by atoms with E-state index in [1.165, 1.54) is 148 Å². The summed E-state index contributed by atoms with van der Waals surface area (Å²) in [5.41, 5.74) is 0. The van der Waals surface area contributed by atoms with Crippen molar-refractivity contribution in [3.05, 3.63) is 0 Å². The van der Waals surface area contributed by atoms with Crippen LogP contribution >= 0.6 is 0 Å². The molecule has 0 saturated heterocycles. The fourth-order valence-electron chi connectivity index (χ4n) is 4.41. The van der Waals surface area contributed by atoms with Crippen LogP contribution in [0.3, 0.4) is 0 Å². The lowest BCUT2D eigenvalue weighted by Gasteiger charge is -2.09. The summed E-state index contributed by atoms with van der Waals surface area (Å²) in [6, 6.07) is 0. The van der Waals surface area contributed by atoms with Gasteiger partial charge in [-0.3, -0.25) is 0 Å². The molecule has 0 heterocycles. The number of aliphatic hydroxyl groups is 1. The Balaban J connectivity index is 3.05. The topological polar surface area (TPSA) is 20.2 Å². The predicted octanol–water partition coefficient (Wildman–Crippen LogP) is 10.1. The highest BCUT2D eigenvalue weighted by atomic mass is 16.3. The van der Waals surface area contributed by atoms with Crippen molar-refractivity contribution in [2.24, 2.45) is 0 Å². The fraction of sp³-hybridized carbons (Fsp3) is 1.00. The summed E-state index contributed by atoms with van der Waals surface area (Å²) in [7, 11) is 0. The van der Waals surface area contributed by atoms with Gasteiger partial charge in [0.1, 0.15) is 0 Å². The molecule has 0 bridgehead atoms. The number of hydrogen-bond acceptors (Lipinski definition) is 1. The Morgan fingerprint density at radius 3 is 0.862 bits per heavy atom. The van der Waals surface area contributed by atoms with E-state index in [1.54, 1.807) is 0 Å². The van der Waals surface area contributed by atoms with Crippen LogP contribution in [0.15, 0.2) is 0 Å². The average molecular weight is 411 g/mol. The molecule has 0 amide bonds. The second-order valence-electron chi connectivity index (χ2n) is 9.66. The van der Waals surface area contributed by atoms with Crippen molar-refractivity contribution in [2.75, 3.05) is 0 Å². The molecule has 1 heteroatoms. The Kier molecular flexibility index (Phi) is 26.0. The van der Waals surface area contributed by atoms with Crippen LogP contribution in [0.1, 0.15) is 174 Å². The van der Waals surface area contributed by atoms with E-state index in [4.69, 9.17) is 0 Å². The number of rotatable bonds is 25. The van der Waals surface area contributed by atoms with Gasteiger partial charge < -0.3 is 5.11 Å². The summed E-state index contributed by atoms with van der Waals surface area (Å²) in [6.07, 6.45) is 34.4. The Hall–Kier alpha value is -0.0400. The zero-order chi connectivity index (χ0) is 21.3. The largest absolute Gasteiger partial charge is 0.393 e. The lowest BCUT2D eigenvalue weighted by molar-refractivity contribution is 0.147. The van der Waals surface area contributed by atoms with Crippen molar-refractivity contribution < 1.29 is 5.11 Å². The molecule has 1 nitrogen and oxygen atoms in total. The molecule has 0 radical (unpaired) electrons. The molecule has 0 aliphatic carbocycles. The second kappa shape index (κ2) is 26.0. The fourth-order valence-corrected chi connectivity index (χ4v) is 4.41. The van der Waals surface area contributed by atoms with Crippen molar-refractivity contribution in [3.8, 4) is 0 Å². The minimum atomic E-state index is -0.0305. The minimum absolute atomic E-state index is 0.0305. The molecular weight excluding hydrogens is 352 g/mol. The SMILES string of the molecule is CCCCCCCCCCCCCCCCCCCCCCC(O)CCCCC. The third kappa shape index (κ3) is 25.9. The number of hydrogen-bond donors (Lipinski definition) is 1. The molecule has 0 rings (SSSR count). The van der Waals surface area contributed by atoms with Crippen LogP contribution in [0.5, 0.6) is 0 Å². The number of aliphatic hydroxyl groups excluding tert-OH is 1. The first-order chi connectivity index (χ1) is 14.3. The summed E-state index contributed by atoms with van der Waals surface area (Å²) < 4.78 is 0. The molecule has 0 aliphatic heterocycles. The van der Waals surface area contributed by atoms with Gasteiger partial charge in [-0.15, -0.1) is 0 Å². The summed E-state index contributed by atoms with van der Waals surface area (Å²) >= 11 is 0. The molecule has 0 saturated carbocycles. The molecule has 0 aromatic heterocycles. The van der Waals surface area contributed by atoms with Crippen LogP contribution in [0, 0.1) is 0 Å². The third-order valence-electron chi connectivity index (χ3n) is 6.53. The normalized spacial score (nSPS) is 12.5. The average Bonchev–Trinajstić information content (AvgIpc) is 2.72. The molecule has 0 spiro atoms. The van der Waals surface area contributed by atoms with Gasteiger partial charge in [-0.25, -0.2) is 0 Å². The molecule has 1 N–H and O–H groups in total. The van der Waals surface area contributed by atoms with Crippen molar-refractivity contribution in [3.63, 3.8) is 0 Å². The van der Waals surface area contributed by atoms with Crippen molar-refractivity contribution in [1.29, 1.82) is 0 Å². The quantitative estimate of drug-likeness (QED) is 0.148. The summed E-state index contributed by atoms with van der Waals surface area (Å²) in [5, 5.41) is 9.93. The Morgan fingerprint density at radius 1 is 0.345 bits per heavy atom. The van der Waals surface area contributed by atoms with E-state index in [0.717, 1.165) is 12.8 Å². The monoisotopic (exact) mass is 410 g/mol. The van der Waals surface area contributed by atoms with E-state index in [2.05, 4.69) is 13.8 Å². The molecule has 1 unspecified atom stereocenters. The highest BCUT2D eigenvalue weighted by Crippen LogP contribution is 2.16. The van der Waals surface area contributed by atoms with Gasteiger partial charge in [-0.1, -0.05) is 162 Å². The zero-order valence-electron chi connectivity index (χ0n) is 20.7. The Morgan fingerprint density at radius 2 is 0.552 bits per heavy atom. The van der Waals surface area contributed by atoms with E-state index >= 15 is 0 Å². The third-order valence-corrected chi connectivity index (χ3v) is 6.53. The lowest BCUT2D eigenvalue weighted by atomic mass is 10.0. The van der Waals surface area contributed by atoms with Crippen LogP contribution in [0.4, 0.5) is 0 Å². The van der Waals surface area contributed by atoms with Crippen molar-refractivity contribution >= 4 is 0 Å². The smallest absolute Gasteiger partial charge is 0.0540 e. The van der Waals surface area contributed by atoms with Crippen LogP contribution in [-0.4, -0.2) is 11.2 Å². The van der Waals surface area contributed by atoms with Gasteiger partial charge >= 0.3 is 0 Å². The zero-order valence-corrected chi connectivity index (χ0v) is 20.7. The maximum Gasteiger partial charge on any atom is 0.0540 e. The van der Waals surface area contributed by atoms with Gasteiger partial charge in [0.05, 0.1) is 6.10 Å². The van der Waals surface area contributed by atoms with Crippen molar-refractivity contribution in [1.82, 2.24) is 0 Å². The van der Waals surface area contributed by atoms with E-state index < -0.39 is 0 Å². The molecule has 0 aromatic carbocycles. The van der Waals surface area contributed by atoms with E-state index in [1.807, 2.05) is 0 Å². The van der Waals surface area contributed by atoms with Gasteiger partial charge in [0.2, 0.25) is 0 Å². The summed E-state index contributed by atoms with van der Waals surface area (Å²) in [6.45, 7) is 4.52. The highest BCUT2D eigenvalue weighted by Gasteiger charge is 2.03. The highest BCUT2D eigenvalue weighted by molar-refractivity contribution is 4.57. The Labute approximate surface area is 185 Å². The van der Waals surface area contributed by atoms with Crippen LogP contribution < -0.4 is 0 Å². The second-order valence-corrected chi connectivity index (χ2v) is 9.66. The standard InChI is InChI=1S/C28H58O/c1-3-5-7-8-9-10-11-12-13-14-15-16-17-18-19-20-21-22-23-25-27-28(29)26-24-6-4-2/h28-29H,3-27H2,1-2H3. The minimum Gasteiger partial charge on any atom is -0.393 e. The number of unbranched alkanes of at least 4 members (excludes halogenated alkanes) is 21. The maximum atomic E-state index is 9.93. The first kappa shape index (κ1) is 29.0. The first-order valence-corrected chi connectivity index (χ1v) is 14.0. The summed E-state index contributed by atoms with van der Waals surface area (Å²) in [4.78, 5) is 0. The molecule has 176 valence electrons. The van der Waals surface area contributed by atoms with Crippen LogP contribution in [-0.2, 0) is 0 Å². The molecule has 0 fully saturated rings. The Bertz CT molecular complexity index is 275. The molecule has 0 aromatic rings. The van der Waals surface area contributed by atoms with E-state index in [9.17, 15) is 5.11 Å². The molecular formula is C28H58O. The molecule has 1 atom stereocenters. The van der Waals surface area contributed by atoms with Gasteiger partial charge in [0, 0.05) is 0 Å². The van der Waals surface area contributed by atoms with Crippen molar-refractivity contribution in [2.45, 2.75) is 180 Å². The van der Waals surface area contributed by atoms with Gasteiger partial charge in [0.15, 0.2) is 0 Å². The summed E-state index contributed by atoms with van der Waals surface area (Å²) in [5.74, 6) is 0. The van der Waals surface area contributed by atoms with Gasteiger partial charge in [-0.05, 0) is 12.8 Å². The van der Waals surface area contributed by atoms with Crippen LogP contribution in [0.25, 0.3) is 0 Å². The van der Waals surface area contributed by atoms with Crippen LogP contribution in [0.2, 0.25) is 0 Å². The maximum absolute atomic E-state index is 9.93. The van der Waals surface area contributed by atoms with Gasteiger partial charge in [-0.2, -0.15) is 0 Å². The molecule has 0 aliphatic rings. The van der Waals surface area contributed by atoms with E-state index in [-0.39, 0.29) is 6.10 Å². The predicted molar refractivity (Wildman–Crippen MR) is 133 cm³/mol. The first-order valence-electron chi connectivity index (χ1n) is 14.0. The van der Waals surface area contributed by atoms with E-state index in [0.29, 0.717) is 0 Å².